The van der Waals surface area contributed by atoms with Gasteiger partial charge in [-0.25, -0.2) is 0 Å². The van der Waals surface area contributed by atoms with Crippen molar-refractivity contribution in [3.8, 4) is 0 Å². The van der Waals surface area contributed by atoms with E-state index in [1.165, 1.54) is 12.1 Å². The van der Waals surface area contributed by atoms with Gasteiger partial charge in [-0.2, -0.15) is 0 Å². The zero-order valence-corrected chi connectivity index (χ0v) is 11.0. The fourth-order valence-corrected chi connectivity index (χ4v) is 2.11. The molecule has 0 aliphatic carbocycles. The lowest BCUT2D eigenvalue weighted by molar-refractivity contribution is -0.384. The maximum absolute atomic E-state index is 12.1. The Bertz CT molecular complexity index is 489. The SMILES string of the molecule is NCC1CN(C(=O)Cc2ccc([N+](=O)[O-])cc2)CCO1. The second-order valence-electron chi connectivity index (χ2n) is 4.67. The predicted molar refractivity (Wildman–Crippen MR) is 72.2 cm³/mol. The van der Waals surface area contributed by atoms with Crippen molar-refractivity contribution in [2.45, 2.75) is 12.5 Å². The molecule has 1 unspecified atom stereocenters. The van der Waals surface area contributed by atoms with E-state index in [-0.39, 0.29) is 24.1 Å². The molecule has 2 N–H and O–H groups in total. The minimum atomic E-state index is -0.459. The van der Waals surface area contributed by atoms with Gasteiger partial charge in [0.05, 0.1) is 24.1 Å². The summed E-state index contributed by atoms with van der Waals surface area (Å²) in [5.74, 6) is -0.0133. The van der Waals surface area contributed by atoms with E-state index in [4.69, 9.17) is 10.5 Å². The number of nitrogens with zero attached hydrogens (tertiary/aromatic N) is 2. The summed E-state index contributed by atoms with van der Waals surface area (Å²) in [5, 5.41) is 10.6. The van der Waals surface area contributed by atoms with Crippen molar-refractivity contribution in [2.24, 2.45) is 5.73 Å². The predicted octanol–water partition coefficient (Wildman–Crippen LogP) is 0.323. The smallest absolute Gasteiger partial charge is 0.269 e. The Kier molecular flexibility index (Phi) is 4.65. The molecule has 1 fully saturated rings. The van der Waals surface area contributed by atoms with Crippen LogP contribution in [-0.2, 0) is 16.0 Å². The van der Waals surface area contributed by atoms with Gasteiger partial charge in [0.25, 0.3) is 5.69 Å². The summed E-state index contributed by atoms with van der Waals surface area (Å²) in [6.45, 7) is 1.94. The number of carbonyl (C=O) groups is 1. The van der Waals surface area contributed by atoms with Gasteiger partial charge in [0.1, 0.15) is 0 Å². The zero-order valence-electron chi connectivity index (χ0n) is 11.0. The van der Waals surface area contributed by atoms with Crippen LogP contribution in [-0.4, -0.2) is 48.1 Å². The Labute approximate surface area is 116 Å². The minimum absolute atomic E-state index is 0.0133. The average molecular weight is 279 g/mol. The molecule has 0 bridgehead atoms. The van der Waals surface area contributed by atoms with Crippen LogP contribution in [0.25, 0.3) is 0 Å². The number of benzene rings is 1. The highest BCUT2D eigenvalue weighted by Crippen LogP contribution is 2.14. The molecule has 7 heteroatoms. The molecule has 1 amide bonds. The second kappa shape index (κ2) is 6.44. The Morgan fingerprint density at radius 3 is 2.75 bits per heavy atom. The first kappa shape index (κ1) is 14.4. The molecule has 1 atom stereocenters. The van der Waals surface area contributed by atoms with E-state index in [0.717, 1.165) is 5.56 Å². The number of ether oxygens (including phenoxy) is 1. The lowest BCUT2D eigenvalue weighted by atomic mass is 10.1. The van der Waals surface area contributed by atoms with Gasteiger partial charge in [-0.15, -0.1) is 0 Å². The molecule has 1 aliphatic rings. The first-order valence-corrected chi connectivity index (χ1v) is 6.43. The van der Waals surface area contributed by atoms with Crippen LogP contribution in [0.15, 0.2) is 24.3 Å². The van der Waals surface area contributed by atoms with E-state index < -0.39 is 4.92 Å². The highest BCUT2D eigenvalue weighted by Gasteiger charge is 2.23. The summed E-state index contributed by atoms with van der Waals surface area (Å²) in [6.07, 6.45) is 0.125. The second-order valence-corrected chi connectivity index (χ2v) is 4.67. The lowest BCUT2D eigenvalue weighted by Crippen LogP contribution is -2.48. The number of non-ortho nitro benzene ring substituents is 1. The third-order valence-electron chi connectivity index (χ3n) is 3.26. The molecule has 20 heavy (non-hydrogen) atoms. The van der Waals surface area contributed by atoms with Crippen molar-refractivity contribution in [1.82, 2.24) is 4.90 Å². The monoisotopic (exact) mass is 279 g/mol. The Balaban J connectivity index is 1.95. The highest BCUT2D eigenvalue weighted by atomic mass is 16.6. The molecule has 1 aromatic rings. The van der Waals surface area contributed by atoms with E-state index in [9.17, 15) is 14.9 Å². The number of amides is 1. The van der Waals surface area contributed by atoms with Crippen molar-refractivity contribution >= 4 is 11.6 Å². The van der Waals surface area contributed by atoms with Gasteiger partial charge >= 0.3 is 0 Å². The fraction of sp³-hybridized carbons (Fsp3) is 0.462. The molecule has 1 aromatic carbocycles. The topological polar surface area (TPSA) is 98.7 Å². The molecule has 0 spiro atoms. The summed E-state index contributed by atoms with van der Waals surface area (Å²) in [4.78, 5) is 24.0. The standard InChI is InChI=1S/C13H17N3O4/c14-8-12-9-15(5-6-20-12)13(17)7-10-1-3-11(4-2-10)16(18)19/h1-4,12H,5-9,14H2. The van der Waals surface area contributed by atoms with Crippen molar-refractivity contribution in [1.29, 1.82) is 0 Å². The van der Waals surface area contributed by atoms with Gasteiger partial charge in [0, 0.05) is 31.8 Å². The number of hydrogen-bond acceptors (Lipinski definition) is 5. The van der Waals surface area contributed by atoms with Crippen LogP contribution < -0.4 is 5.73 Å². The average Bonchev–Trinajstić information content (AvgIpc) is 2.47. The van der Waals surface area contributed by atoms with E-state index in [2.05, 4.69) is 0 Å². The van der Waals surface area contributed by atoms with Gasteiger partial charge < -0.3 is 15.4 Å². The molecule has 108 valence electrons. The Hall–Kier alpha value is -1.99. The molecular formula is C13H17N3O4. The van der Waals surface area contributed by atoms with Crippen LogP contribution in [0, 0.1) is 10.1 Å². The molecule has 0 saturated carbocycles. The minimum Gasteiger partial charge on any atom is -0.373 e. The van der Waals surface area contributed by atoms with Crippen LogP contribution in [0.4, 0.5) is 5.69 Å². The maximum Gasteiger partial charge on any atom is 0.269 e. The summed E-state index contributed by atoms with van der Waals surface area (Å²) in [5.41, 5.74) is 6.32. The summed E-state index contributed by atoms with van der Waals surface area (Å²) < 4.78 is 5.41. The van der Waals surface area contributed by atoms with Gasteiger partial charge in [-0.1, -0.05) is 12.1 Å². The molecule has 1 heterocycles. The van der Waals surface area contributed by atoms with E-state index >= 15 is 0 Å². The number of nitro groups is 1. The number of rotatable bonds is 4. The van der Waals surface area contributed by atoms with E-state index in [0.29, 0.717) is 26.2 Å². The summed E-state index contributed by atoms with van der Waals surface area (Å²) in [7, 11) is 0. The van der Waals surface area contributed by atoms with E-state index in [1.807, 2.05) is 0 Å². The molecule has 0 radical (unpaired) electrons. The number of nitrogens with two attached hydrogens (primary N) is 1. The molecule has 7 nitrogen and oxygen atoms in total. The summed E-state index contributed by atoms with van der Waals surface area (Å²) in [6, 6.07) is 6.03. The number of nitro benzene ring substituents is 1. The Morgan fingerprint density at radius 2 is 2.15 bits per heavy atom. The third-order valence-corrected chi connectivity index (χ3v) is 3.26. The zero-order chi connectivity index (χ0) is 14.5. The van der Waals surface area contributed by atoms with Crippen LogP contribution in [0.5, 0.6) is 0 Å². The first-order chi connectivity index (χ1) is 9.60. The van der Waals surface area contributed by atoms with Gasteiger partial charge in [-0.05, 0) is 5.56 Å². The number of hydrogen-bond donors (Lipinski definition) is 1. The number of morpholine rings is 1. The lowest BCUT2D eigenvalue weighted by Gasteiger charge is -2.32. The number of carbonyl (C=O) groups excluding carboxylic acids is 1. The Morgan fingerprint density at radius 1 is 1.45 bits per heavy atom. The molecule has 0 aromatic heterocycles. The van der Waals surface area contributed by atoms with Crippen molar-refractivity contribution in [3.05, 3.63) is 39.9 Å². The third kappa shape index (κ3) is 3.52. The van der Waals surface area contributed by atoms with Crippen molar-refractivity contribution in [3.63, 3.8) is 0 Å². The first-order valence-electron chi connectivity index (χ1n) is 6.43. The molecular weight excluding hydrogens is 262 g/mol. The van der Waals surface area contributed by atoms with Gasteiger partial charge in [0.2, 0.25) is 5.91 Å². The normalized spacial score (nSPS) is 18.9. The molecule has 1 saturated heterocycles. The van der Waals surface area contributed by atoms with Gasteiger partial charge in [-0.3, -0.25) is 14.9 Å². The largest absolute Gasteiger partial charge is 0.373 e. The maximum atomic E-state index is 12.1. The van der Waals surface area contributed by atoms with Crippen LogP contribution >= 0.6 is 0 Å². The highest BCUT2D eigenvalue weighted by molar-refractivity contribution is 5.79. The summed E-state index contributed by atoms with van der Waals surface area (Å²) >= 11 is 0. The molecule has 1 aliphatic heterocycles. The van der Waals surface area contributed by atoms with Crippen LogP contribution in [0.3, 0.4) is 0 Å². The fourth-order valence-electron chi connectivity index (χ4n) is 2.11. The van der Waals surface area contributed by atoms with Crippen LogP contribution in [0.1, 0.15) is 5.56 Å². The molecule has 2 rings (SSSR count). The van der Waals surface area contributed by atoms with Crippen molar-refractivity contribution in [2.75, 3.05) is 26.2 Å². The van der Waals surface area contributed by atoms with E-state index in [1.54, 1.807) is 17.0 Å². The van der Waals surface area contributed by atoms with Crippen LogP contribution in [0.2, 0.25) is 0 Å². The van der Waals surface area contributed by atoms with Gasteiger partial charge in [0.15, 0.2) is 0 Å². The van der Waals surface area contributed by atoms with Crippen molar-refractivity contribution < 1.29 is 14.5 Å². The quantitative estimate of drug-likeness (QED) is 0.632.